The normalized spacial score (nSPS) is 24.3. The number of piperidine rings is 1. The Hall–Kier alpha value is -3.24. The number of hydrogen-bond donors (Lipinski definition) is 4. The van der Waals surface area contributed by atoms with E-state index >= 15 is 0 Å². The minimum absolute atomic E-state index is 0.267. The molecule has 2 fully saturated rings. The molecule has 0 bridgehead atoms. The molecule has 11 heteroatoms. The molecular formula is C29H34N4O6S. The Balaban J connectivity index is 1.37. The number of allylic oxidation sites excluding steroid dienone is 1. The van der Waals surface area contributed by atoms with Crippen molar-refractivity contribution in [2.24, 2.45) is 7.05 Å². The van der Waals surface area contributed by atoms with Crippen LogP contribution >= 0.6 is 0 Å². The fourth-order valence-electron chi connectivity index (χ4n) is 5.42. The number of sulfonamides is 1. The van der Waals surface area contributed by atoms with Crippen LogP contribution in [0, 0.1) is 11.3 Å². The molecule has 10 nitrogen and oxygen atoms in total. The van der Waals surface area contributed by atoms with Gasteiger partial charge in [0.15, 0.2) is 4.91 Å². The smallest absolute Gasteiger partial charge is 0.251 e. The lowest BCUT2D eigenvalue weighted by Crippen LogP contribution is -2.59. The molecule has 40 heavy (non-hydrogen) atoms. The van der Waals surface area contributed by atoms with Crippen LogP contribution in [-0.4, -0.2) is 79.0 Å². The largest absolute Gasteiger partial charge is 0.394 e. The SMILES string of the molecule is Cn1c(/C=C(\C#N)S(=O)(=O)N[C@H]2CO[C@H](CO)[C@@H](O)[C@@H]2O)ccc1-c1ccc2cc(N3CCCCC3)ccc2c1. The molecule has 0 amide bonds. The highest BCUT2D eigenvalue weighted by molar-refractivity contribution is 7.93. The second kappa shape index (κ2) is 11.7. The van der Waals surface area contributed by atoms with E-state index in [0.29, 0.717) is 5.69 Å². The number of aliphatic hydroxyl groups is 3. The fourth-order valence-corrected chi connectivity index (χ4v) is 6.55. The van der Waals surface area contributed by atoms with Crippen molar-refractivity contribution in [1.29, 1.82) is 5.26 Å². The van der Waals surface area contributed by atoms with E-state index < -0.39 is 45.9 Å². The van der Waals surface area contributed by atoms with E-state index in [9.17, 15) is 29.0 Å². The van der Waals surface area contributed by atoms with Crippen LogP contribution in [0.2, 0.25) is 0 Å². The summed E-state index contributed by atoms with van der Waals surface area (Å²) in [6, 6.07) is 16.9. The molecule has 0 radical (unpaired) electrons. The van der Waals surface area contributed by atoms with Gasteiger partial charge in [-0.3, -0.25) is 0 Å². The number of nitriles is 1. The molecule has 0 saturated carbocycles. The molecule has 4 N–H and O–H groups in total. The van der Waals surface area contributed by atoms with Crippen molar-refractivity contribution in [3.63, 3.8) is 0 Å². The minimum atomic E-state index is -4.35. The maximum Gasteiger partial charge on any atom is 0.251 e. The Morgan fingerprint density at radius 3 is 2.52 bits per heavy atom. The molecule has 2 saturated heterocycles. The van der Waals surface area contributed by atoms with Crippen LogP contribution in [-0.2, 0) is 21.8 Å². The van der Waals surface area contributed by atoms with Crippen LogP contribution in [0.4, 0.5) is 5.69 Å². The Bertz CT molecular complexity index is 1550. The summed E-state index contributed by atoms with van der Waals surface area (Å²) in [5.74, 6) is 0. The van der Waals surface area contributed by atoms with Crippen molar-refractivity contribution >= 4 is 32.6 Å². The van der Waals surface area contributed by atoms with Crippen LogP contribution in [0.25, 0.3) is 28.1 Å². The van der Waals surface area contributed by atoms with Gasteiger partial charge in [-0.1, -0.05) is 18.2 Å². The number of fused-ring (bicyclic) bond motifs is 1. The van der Waals surface area contributed by atoms with Gasteiger partial charge in [-0.25, -0.2) is 13.1 Å². The lowest BCUT2D eigenvalue weighted by atomic mass is 9.99. The zero-order chi connectivity index (χ0) is 28.4. The van der Waals surface area contributed by atoms with Gasteiger partial charge in [-0.15, -0.1) is 0 Å². The number of nitrogens with one attached hydrogen (secondary N) is 1. The predicted octanol–water partition coefficient (Wildman–Crippen LogP) is 2.10. The zero-order valence-electron chi connectivity index (χ0n) is 22.3. The summed E-state index contributed by atoms with van der Waals surface area (Å²) in [6.07, 6.45) is 0.986. The maximum absolute atomic E-state index is 13.0. The quantitative estimate of drug-likeness (QED) is 0.318. The van der Waals surface area contributed by atoms with E-state index in [1.165, 1.54) is 31.0 Å². The van der Waals surface area contributed by atoms with Gasteiger partial charge in [-0.2, -0.15) is 5.26 Å². The van der Waals surface area contributed by atoms with Crippen LogP contribution in [0.5, 0.6) is 0 Å². The Labute approximate surface area is 233 Å². The van der Waals surface area contributed by atoms with Gasteiger partial charge in [0.25, 0.3) is 10.0 Å². The van der Waals surface area contributed by atoms with Crippen LogP contribution < -0.4 is 9.62 Å². The second-order valence-corrected chi connectivity index (χ2v) is 12.1. The molecule has 212 valence electrons. The van der Waals surface area contributed by atoms with E-state index in [1.54, 1.807) is 19.2 Å². The molecule has 0 aliphatic carbocycles. The predicted molar refractivity (Wildman–Crippen MR) is 153 cm³/mol. The Morgan fingerprint density at radius 1 is 1.07 bits per heavy atom. The van der Waals surface area contributed by atoms with Crippen molar-refractivity contribution in [3.05, 3.63) is 59.1 Å². The maximum atomic E-state index is 13.0. The lowest BCUT2D eigenvalue weighted by molar-refractivity contribution is -0.158. The number of nitrogens with zero attached hydrogens (tertiary/aromatic N) is 3. The summed E-state index contributed by atoms with van der Waals surface area (Å²) >= 11 is 0. The summed E-state index contributed by atoms with van der Waals surface area (Å²) in [7, 11) is -2.55. The Kier molecular flexibility index (Phi) is 8.28. The van der Waals surface area contributed by atoms with Crippen LogP contribution in [0.3, 0.4) is 0 Å². The molecule has 0 unspecified atom stereocenters. The minimum Gasteiger partial charge on any atom is -0.394 e. The first kappa shape index (κ1) is 28.3. The van der Waals surface area contributed by atoms with Gasteiger partial charge >= 0.3 is 0 Å². The molecule has 5 rings (SSSR count). The monoisotopic (exact) mass is 566 g/mol. The van der Waals surface area contributed by atoms with Crippen LogP contribution in [0.15, 0.2) is 53.4 Å². The number of aromatic nitrogens is 1. The highest BCUT2D eigenvalue weighted by atomic mass is 32.2. The topological polar surface area (TPSA) is 148 Å². The van der Waals surface area contributed by atoms with E-state index in [-0.39, 0.29) is 6.61 Å². The number of hydrogen-bond acceptors (Lipinski definition) is 8. The summed E-state index contributed by atoms with van der Waals surface area (Å²) in [5.41, 5.74) is 3.54. The first-order chi connectivity index (χ1) is 19.2. The summed E-state index contributed by atoms with van der Waals surface area (Å²) < 4.78 is 35.3. The average Bonchev–Trinajstić information content (AvgIpc) is 3.33. The van der Waals surface area contributed by atoms with Gasteiger partial charge in [0, 0.05) is 37.2 Å². The van der Waals surface area contributed by atoms with Gasteiger partial charge < -0.3 is 29.5 Å². The standard InChI is InChI=1S/C29H34N4O6S/c1-32-22(15-24(16-30)40(37,38)31-25-18-39-27(17-34)29(36)28(25)35)9-10-26(32)21-6-5-20-14-23(8-7-19(20)13-21)33-11-3-2-4-12-33/h5-10,13-15,25,27-29,31,34-36H,2-4,11-12,17-18H2,1H3/b24-15+/t25-,27+,28+,29+/m0/s1. The van der Waals surface area contributed by atoms with Gasteiger partial charge in [-0.05, 0) is 72.0 Å². The van der Waals surface area contributed by atoms with Gasteiger partial charge in [0.2, 0.25) is 0 Å². The van der Waals surface area contributed by atoms with E-state index in [2.05, 4.69) is 40.0 Å². The molecule has 2 aliphatic rings. The van der Waals surface area contributed by atoms with Crippen molar-refractivity contribution in [3.8, 4) is 17.3 Å². The third-order valence-electron chi connectivity index (χ3n) is 7.80. The first-order valence-corrected chi connectivity index (χ1v) is 14.9. The number of rotatable bonds is 7. The second-order valence-electron chi connectivity index (χ2n) is 10.4. The summed E-state index contributed by atoms with van der Waals surface area (Å²) in [5, 5.41) is 41.5. The van der Waals surface area contributed by atoms with Gasteiger partial charge in [0.1, 0.15) is 24.4 Å². The Morgan fingerprint density at radius 2 is 1.80 bits per heavy atom. The third-order valence-corrected chi connectivity index (χ3v) is 9.20. The van der Waals surface area contributed by atoms with Crippen molar-refractivity contribution in [1.82, 2.24) is 9.29 Å². The van der Waals surface area contributed by atoms with E-state index in [0.717, 1.165) is 35.1 Å². The molecule has 4 atom stereocenters. The molecule has 3 heterocycles. The number of aliphatic hydroxyl groups excluding tert-OH is 3. The van der Waals surface area contributed by atoms with Crippen molar-refractivity contribution < 1.29 is 28.5 Å². The fraction of sp³-hybridized carbons (Fsp3) is 0.414. The molecule has 3 aromatic rings. The van der Waals surface area contributed by atoms with Gasteiger partial charge in [0.05, 0.1) is 19.3 Å². The lowest BCUT2D eigenvalue weighted by Gasteiger charge is -2.36. The summed E-state index contributed by atoms with van der Waals surface area (Å²) in [6.45, 7) is 1.38. The average molecular weight is 567 g/mol. The number of ether oxygens (including phenoxy) is 1. The highest BCUT2D eigenvalue weighted by Gasteiger charge is 2.40. The highest BCUT2D eigenvalue weighted by Crippen LogP contribution is 2.30. The number of anilines is 1. The molecule has 2 aliphatic heterocycles. The zero-order valence-corrected chi connectivity index (χ0v) is 23.1. The van der Waals surface area contributed by atoms with Crippen molar-refractivity contribution in [2.45, 2.75) is 43.6 Å². The first-order valence-electron chi connectivity index (χ1n) is 13.4. The summed E-state index contributed by atoms with van der Waals surface area (Å²) in [4.78, 5) is 1.88. The number of benzene rings is 2. The van der Waals surface area contributed by atoms with E-state index in [1.807, 2.05) is 16.7 Å². The van der Waals surface area contributed by atoms with Crippen molar-refractivity contribution in [2.75, 3.05) is 31.2 Å². The molecule has 1 aromatic heterocycles. The van der Waals surface area contributed by atoms with Crippen LogP contribution in [0.1, 0.15) is 25.0 Å². The van der Waals surface area contributed by atoms with E-state index in [4.69, 9.17) is 4.74 Å². The molecular weight excluding hydrogens is 532 g/mol. The molecule has 0 spiro atoms. The molecule has 2 aromatic carbocycles. The third kappa shape index (κ3) is 5.65.